The van der Waals surface area contributed by atoms with Crippen LogP contribution in [-0.4, -0.2) is 11.4 Å². The van der Waals surface area contributed by atoms with E-state index in [1.807, 2.05) is 12.3 Å². The molecular weight excluding hydrogens is 170 g/mol. The van der Waals surface area contributed by atoms with Crippen LogP contribution >= 0.6 is 0 Å². The van der Waals surface area contributed by atoms with E-state index >= 15 is 0 Å². The van der Waals surface area contributed by atoms with Crippen molar-refractivity contribution in [1.82, 2.24) is 4.90 Å². The van der Waals surface area contributed by atoms with E-state index < -0.39 is 0 Å². The van der Waals surface area contributed by atoms with E-state index in [0.717, 1.165) is 13.1 Å². The normalized spacial score (nSPS) is 9.79. The van der Waals surface area contributed by atoms with Gasteiger partial charge in [-0.3, -0.25) is 0 Å². The lowest BCUT2D eigenvalue weighted by atomic mass is 10.2. The standard InChI is InChI=1S/C13H19N/c1-3-5-11-14(4-2)12-13-9-7-6-8-10-13/h4,6-10H,2-3,5,11-12H2,1H3. The van der Waals surface area contributed by atoms with Crippen molar-refractivity contribution in [3.8, 4) is 0 Å². The zero-order chi connectivity index (χ0) is 10.2. The lowest BCUT2D eigenvalue weighted by Crippen LogP contribution is -2.17. The number of hydrogen-bond donors (Lipinski definition) is 0. The van der Waals surface area contributed by atoms with E-state index in [4.69, 9.17) is 0 Å². The van der Waals surface area contributed by atoms with E-state index in [-0.39, 0.29) is 0 Å². The molecule has 0 aliphatic heterocycles. The lowest BCUT2D eigenvalue weighted by Gasteiger charge is -2.19. The molecule has 0 spiro atoms. The molecule has 1 aromatic carbocycles. The molecule has 0 aliphatic carbocycles. The highest BCUT2D eigenvalue weighted by molar-refractivity contribution is 5.14. The molecule has 14 heavy (non-hydrogen) atoms. The Labute approximate surface area is 87.1 Å². The quantitative estimate of drug-likeness (QED) is 0.662. The van der Waals surface area contributed by atoms with Crippen LogP contribution in [0.3, 0.4) is 0 Å². The Morgan fingerprint density at radius 1 is 1.29 bits per heavy atom. The molecule has 76 valence electrons. The largest absolute Gasteiger partial charge is 0.374 e. The molecule has 0 saturated carbocycles. The second kappa shape index (κ2) is 6.25. The first-order chi connectivity index (χ1) is 6.86. The van der Waals surface area contributed by atoms with Crippen LogP contribution in [0.4, 0.5) is 0 Å². The van der Waals surface area contributed by atoms with Gasteiger partial charge >= 0.3 is 0 Å². The summed E-state index contributed by atoms with van der Waals surface area (Å²) in [5, 5.41) is 0. The molecule has 0 amide bonds. The SMILES string of the molecule is C=CN(CCCC)Cc1ccccc1. The van der Waals surface area contributed by atoms with Gasteiger partial charge in [-0.2, -0.15) is 0 Å². The van der Waals surface area contributed by atoms with Crippen LogP contribution in [0.5, 0.6) is 0 Å². The molecule has 0 N–H and O–H groups in total. The van der Waals surface area contributed by atoms with Crippen LogP contribution in [0.15, 0.2) is 43.1 Å². The maximum Gasteiger partial charge on any atom is 0.0423 e. The minimum Gasteiger partial charge on any atom is -0.374 e. The first-order valence-electron chi connectivity index (χ1n) is 5.27. The fraction of sp³-hybridized carbons (Fsp3) is 0.385. The summed E-state index contributed by atoms with van der Waals surface area (Å²) in [4.78, 5) is 2.26. The number of nitrogens with zero attached hydrogens (tertiary/aromatic N) is 1. The molecule has 0 heterocycles. The summed E-state index contributed by atoms with van der Waals surface area (Å²) in [6, 6.07) is 10.5. The van der Waals surface area contributed by atoms with Crippen LogP contribution in [0.25, 0.3) is 0 Å². The van der Waals surface area contributed by atoms with E-state index in [0.29, 0.717) is 0 Å². The summed E-state index contributed by atoms with van der Waals surface area (Å²) in [7, 11) is 0. The topological polar surface area (TPSA) is 3.24 Å². The summed E-state index contributed by atoms with van der Waals surface area (Å²) in [5.41, 5.74) is 1.35. The van der Waals surface area contributed by atoms with Gasteiger partial charge in [-0.25, -0.2) is 0 Å². The fourth-order valence-electron chi connectivity index (χ4n) is 1.41. The monoisotopic (exact) mass is 189 g/mol. The first kappa shape index (κ1) is 10.8. The Morgan fingerprint density at radius 3 is 2.57 bits per heavy atom. The highest BCUT2D eigenvalue weighted by Gasteiger charge is 1.98. The van der Waals surface area contributed by atoms with E-state index in [1.165, 1.54) is 18.4 Å². The average Bonchev–Trinajstić information content (AvgIpc) is 2.25. The molecule has 0 unspecified atom stereocenters. The van der Waals surface area contributed by atoms with Crippen molar-refractivity contribution >= 4 is 0 Å². The Morgan fingerprint density at radius 2 is 2.00 bits per heavy atom. The molecule has 0 atom stereocenters. The molecule has 1 rings (SSSR count). The third-order valence-corrected chi connectivity index (χ3v) is 2.29. The summed E-state index contributed by atoms with van der Waals surface area (Å²) >= 11 is 0. The van der Waals surface area contributed by atoms with Gasteiger partial charge < -0.3 is 4.90 Å². The Balaban J connectivity index is 2.44. The summed E-state index contributed by atoms with van der Waals surface area (Å²) in [6.07, 6.45) is 4.40. The van der Waals surface area contributed by atoms with Crippen molar-refractivity contribution in [2.45, 2.75) is 26.3 Å². The second-order valence-electron chi connectivity index (χ2n) is 3.49. The molecular formula is C13H19N. The lowest BCUT2D eigenvalue weighted by molar-refractivity contribution is 0.362. The van der Waals surface area contributed by atoms with Gasteiger partial charge in [-0.1, -0.05) is 50.3 Å². The molecule has 0 saturated heterocycles. The Kier molecular flexibility index (Phi) is 4.84. The van der Waals surface area contributed by atoms with Crippen molar-refractivity contribution in [1.29, 1.82) is 0 Å². The van der Waals surface area contributed by atoms with Crippen molar-refractivity contribution in [2.75, 3.05) is 6.54 Å². The van der Waals surface area contributed by atoms with Gasteiger partial charge in [0, 0.05) is 13.1 Å². The zero-order valence-corrected chi connectivity index (χ0v) is 8.95. The minimum absolute atomic E-state index is 0.977. The van der Waals surface area contributed by atoms with Gasteiger partial charge in [-0.05, 0) is 18.2 Å². The second-order valence-corrected chi connectivity index (χ2v) is 3.49. The van der Waals surface area contributed by atoms with Gasteiger partial charge in [-0.15, -0.1) is 0 Å². The molecule has 0 bridgehead atoms. The average molecular weight is 189 g/mol. The fourth-order valence-corrected chi connectivity index (χ4v) is 1.41. The Bertz CT molecular complexity index is 253. The highest BCUT2D eigenvalue weighted by atomic mass is 15.1. The van der Waals surface area contributed by atoms with Gasteiger partial charge in [0.1, 0.15) is 0 Å². The minimum atomic E-state index is 0.977. The van der Waals surface area contributed by atoms with Crippen LogP contribution < -0.4 is 0 Å². The summed E-state index contributed by atoms with van der Waals surface area (Å²) in [5.74, 6) is 0. The number of hydrogen-bond acceptors (Lipinski definition) is 1. The summed E-state index contributed by atoms with van der Waals surface area (Å²) in [6.45, 7) is 8.13. The van der Waals surface area contributed by atoms with Gasteiger partial charge in [0.25, 0.3) is 0 Å². The molecule has 1 nitrogen and oxygen atoms in total. The third kappa shape index (κ3) is 3.65. The number of rotatable bonds is 6. The predicted octanol–water partition coefficient (Wildman–Crippen LogP) is 3.43. The zero-order valence-electron chi connectivity index (χ0n) is 8.95. The molecule has 0 radical (unpaired) electrons. The van der Waals surface area contributed by atoms with Crippen LogP contribution in [0, 0.1) is 0 Å². The van der Waals surface area contributed by atoms with Gasteiger partial charge in [0.2, 0.25) is 0 Å². The van der Waals surface area contributed by atoms with Crippen molar-refractivity contribution < 1.29 is 0 Å². The molecule has 0 aliphatic rings. The highest BCUT2D eigenvalue weighted by Crippen LogP contribution is 2.05. The number of benzene rings is 1. The molecule has 0 fully saturated rings. The van der Waals surface area contributed by atoms with Crippen molar-refractivity contribution in [3.63, 3.8) is 0 Å². The third-order valence-electron chi connectivity index (χ3n) is 2.29. The predicted molar refractivity (Wildman–Crippen MR) is 62.0 cm³/mol. The van der Waals surface area contributed by atoms with E-state index in [1.54, 1.807) is 0 Å². The first-order valence-corrected chi connectivity index (χ1v) is 5.27. The maximum atomic E-state index is 3.84. The molecule has 1 aromatic rings. The van der Waals surface area contributed by atoms with Crippen LogP contribution in [-0.2, 0) is 6.54 Å². The van der Waals surface area contributed by atoms with Crippen LogP contribution in [0.2, 0.25) is 0 Å². The molecule has 1 heteroatoms. The Hall–Kier alpha value is -1.24. The maximum absolute atomic E-state index is 3.84. The number of unbranched alkanes of at least 4 members (excludes halogenated alkanes) is 1. The van der Waals surface area contributed by atoms with E-state index in [9.17, 15) is 0 Å². The van der Waals surface area contributed by atoms with Gasteiger partial charge in [0.15, 0.2) is 0 Å². The molecule has 0 aromatic heterocycles. The summed E-state index contributed by atoms with van der Waals surface area (Å²) < 4.78 is 0. The van der Waals surface area contributed by atoms with E-state index in [2.05, 4.69) is 42.7 Å². The van der Waals surface area contributed by atoms with Crippen molar-refractivity contribution in [2.24, 2.45) is 0 Å². The van der Waals surface area contributed by atoms with Crippen LogP contribution in [0.1, 0.15) is 25.3 Å². The van der Waals surface area contributed by atoms with Crippen molar-refractivity contribution in [3.05, 3.63) is 48.7 Å². The smallest absolute Gasteiger partial charge is 0.0423 e. The van der Waals surface area contributed by atoms with Gasteiger partial charge in [0.05, 0.1) is 0 Å².